The van der Waals surface area contributed by atoms with Gasteiger partial charge in [0.15, 0.2) is 0 Å². The van der Waals surface area contributed by atoms with Crippen LogP contribution in [0.2, 0.25) is 0 Å². The first-order valence-corrected chi connectivity index (χ1v) is 9.06. The van der Waals surface area contributed by atoms with E-state index >= 15 is 0 Å². The molecule has 1 saturated heterocycles. The average molecular weight is 296 g/mol. The molecule has 0 amide bonds. The van der Waals surface area contributed by atoms with E-state index in [1.807, 2.05) is 0 Å². The van der Waals surface area contributed by atoms with Gasteiger partial charge in [0.1, 0.15) is 0 Å². The van der Waals surface area contributed by atoms with Crippen LogP contribution in [-0.2, 0) is 13.1 Å². The molecule has 2 fully saturated rings. The van der Waals surface area contributed by atoms with Crippen LogP contribution in [0.4, 0.5) is 0 Å². The van der Waals surface area contributed by atoms with Gasteiger partial charge in [-0.2, -0.15) is 0 Å². The van der Waals surface area contributed by atoms with Crippen molar-refractivity contribution >= 4 is 0 Å². The van der Waals surface area contributed by atoms with Crippen LogP contribution < -0.4 is 5.32 Å². The highest BCUT2D eigenvalue weighted by molar-refractivity contribution is 5.22. The Hall–Kier alpha value is -1.12. The van der Waals surface area contributed by atoms with Gasteiger partial charge in [-0.3, -0.25) is 4.90 Å². The molecule has 1 heterocycles. The molecular formula is C20H28N2. The molecule has 1 N–H and O–H groups in total. The Morgan fingerprint density at radius 2 is 1.73 bits per heavy atom. The van der Waals surface area contributed by atoms with Crippen LogP contribution in [0.1, 0.15) is 36.8 Å². The quantitative estimate of drug-likeness (QED) is 0.807. The van der Waals surface area contributed by atoms with Crippen molar-refractivity contribution in [2.75, 3.05) is 19.6 Å². The SMILES string of the molecule is C1=CC2CC1CC2CNCc1ccc(CN2CCCC2)cc1. The van der Waals surface area contributed by atoms with Crippen LogP contribution in [0.5, 0.6) is 0 Å². The van der Waals surface area contributed by atoms with E-state index in [1.165, 1.54) is 56.4 Å². The zero-order valence-electron chi connectivity index (χ0n) is 13.5. The van der Waals surface area contributed by atoms with Gasteiger partial charge in [0.05, 0.1) is 0 Å². The smallest absolute Gasteiger partial charge is 0.0233 e. The highest BCUT2D eigenvalue weighted by atomic mass is 15.1. The Morgan fingerprint density at radius 1 is 0.955 bits per heavy atom. The van der Waals surface area contributed by atoms with Crippen molar-refractivity contribution in [3.05, 3.63) is 47.5 Å². The lowest BCUT2D eigenvalue weighted by molar-refractivity contribution is 0.331. The van der Waals surface area contributed by atoms with E-state index in [0.29, 0.717) is 0 Å². The van der Waals surface area contributed by atoms with Crippen molar-refractivity contribution < 1.29 is 0 Å². The molecule has 2 bridgehead atoms. The monoisotopic (exact) mass is 296 g/mol. The number of benzene rings is 1. The van der Waals surface area contributed by atoms with Gasteiger partial charge in [0.2, 0.25) is 0 Å². The number of fused-ring (bicyclic) bond motifs is 2. The number of hydrogen-bond donors (Lipinski definition) is 1. The van der Waals surface area contributed by atoms with Gasteiger partial charge in [0, 0.05) is 13.1 Å². The Balaban J connectivity index is 1.22. The predicted molar refractivity (Wildman–Crippen MR) is 91.5 cm³/mol. The van der Waals surface area contributed by atoms with E-state index < -0.39 is 0 Å². The number of nitrogens with one attached hydrogen (secondary N) is 1. The highest BCUT2D eigenvalue weighted by Gasteiger charge is 2.34. The third-order valence-electron chi connectivity index (χ3n) is 5.78. The van der Waals surface area contributed by atoms with Crippen LogP contribution in [-0.4, -0.2) is 24.5 Å². The van der Waals surface area contributed by atoms with Crippen LogP contribution in [0.15, 0.2) is 36.4 Å². The summed E-state index contributed by atoms with van der Waals surface area (Å²) in [6.45, 7) is 5.89. The van der Waals surface area contributed by atoms with E-state index in [9.17, 15) is 0 Å². The van der Waals surface area contributed by atoms with E-state index in [4.69, 9.17) is 0 Å². The number of allylic oxidation sites excluding steroid dienone is 2. The Bertz CT molecular complexity index is 513. The first-order valence-electron chi connectivity index (χ1n) is 9.06. The summed E-state index contributed by atoms with van der Waals surface area (Å²) in [5, 5.41) is 3.68. The molecule has 2 heteroatoms. The zero-order chi connectivity index (χ0) is 14.8. The van der Waals surface area contributed by atoms with Gasteiger partial charge in [-0.1, -0.05) is 36.4 Å². The Labute approximate surface area is 134 Å². The fourth-order valence-corrected chi connectivity index (χ4v) is 4.49. The summed E-state index contributed by atoms with van der Waals surface area (Å²) in [6, 6.07) is 9.24. The molecule has 1 aliphatic heterocycles. The summed E-state index contributed by atoms with van der Waals surface area (Å²) in [7, 11) is 0. The zero-order valence-corrected chi connectivity index (χ0v) is 13.5. The van der Waals surface area contributed by atoms with Gasteiger partial charge in [-0.15, -0.1) is 0 Å². The number of likely N-dealkylation sites (tertiary alicyclic amines) is 1. The highest BCUT2D eigenvalue weighted by Crippen LogP contribution is 2.42. The van der Waals surface area contributed by atoms with Gasteiger partial charge in [-0.25, -0.2) is 0 Å². The fraction of sp³-hybridized carbons (Fsp3) is 0.600. The van der Waals surface area contributed by atoms with Crippen LogP contribution >= 0.6 is 0 Å². The molecule has 1 saturated carbocycles. The molecule has 118 valence electrons. The van der Waals surface area contributed by atoms with Crippen LogP contribution in [0.25, 0.3) is 0 Å². The molecule has 0 radical (unpaired) electrons. The fourth-order valence-electron chi connectivity index (χ4n) is 4.49. The van der Waals surface area contributed by atoms with Gasteiger partial charge in [0.25, 0.3) is 0 Å². The summed E-state index contributed by atoms with van der Waals surface area (Å²) < 4.78 is 0. The van der Waals surface area contributed by atoms with Crippen molar-refractivity contribution in [3.8, 4) is 0 Å². The lowest BCUT2D eigenvalue weighted by Crippen LogP contribution is -2.25. The molecule has 1 aromatic carbocycles. The molecular weight excluding hydrogens is 268 g/mol. The molecule has 0 spiro atoms. The number of hydrogen-bond acceptors (Lipinski definition) is 2. The molecule has 2 nitrogen and oxygen atoms in total. The normalized spacial score (nSPS) is 30.5. The Kier molecular flexibility index (Phi) is 4.31. The minimum absolute atomic E-state index is 0.861. The van der Waals surface area contributed by atoms with E-state index in [1.54, 1.807) is 0 Å². The second kappa shape index (κ2) is 6.55. The van der Waals surface area contributed by atoms with E-state index in [0.717, 1.165) is 30.8 Å². The molecule has 3 unspecified atom stereocenters. The predicted octanol–water partition coefficient (Wildman–Crippen LogP) is 3.58. The summed E-state index contributed by atoms with van der Waals surface area (Å²) in [4.78, 5) is 2.57. The van der Waals surface area contributed by atoms with Gasteiger partial charge in [-0.05, 0) is 74.2 Å². The number of rotatable bonds is 6. The van der Waals surface area contributed by atoms with Crippen molar-refractivity contribution in [3.63, 3.8) is 0 Å². The van der Waals surface area contributed by atoms with Crippen LogP contribution in [0.3, 0.4) is 0 Å². The summed E-state index contributed by atoms with van der Waals surface area (Å²) in [5.74, 6) is 2.63. The van der Waals surface area contributed by atoms with E-state index in [-0.39, 0.29) is 0 Å². The minimum atomic E-state index is 0.861. The molecule has 22 heavy (non-hydrogen) atoms. The molecule has 3 aliphatic rings. The van der Waals surface area contributed by atoms with Crippen molar-refractivity contribution in [1.29, 1.82) is 0 Å². The van der Waals surface area contributed by atoms with Crippen molar-refractivity contribution in [1.82, 2.24) is 10.2 Å². The van der Waals surface area contributed by atoms with Crippen molar-refractivity contribution in [2.24, 2.45) is 17.8 Å². The summed E-state index contributed by atoms with van der Waals surface area (Å²) >= 11 is 0. The topological polar surface area (TPSA) is 15.3 Å². The molecule has 1 aromatic rings. The van der Waals surface area contributed by atoms with Gasteiger partial charge < -0.3 is 5.32 Å². The summed E-state index contributed by atoms with van der Waals surface area (Å²) in [5.41, 5.74) is 2.88. The maximum atomic E-state index is 3.68. The second-order valence-corrected chi connectivity index (χ2v) is 7.47. The largest absolute Gasteiger partial charge is 0.312 e. The van der Waals surface area contributed by atoms with E-state index in [2.05, 4.69) is 46.6 Å². The third-order valence-corrected chi connectivity index (χ3v) is 5.78. The van der Waals surface area contributed by atoms with Gasteiger partial charge >= 0.3 is 0 Å². The second-order valence-electron chi connectivity index (χ2n) is 7.47. The summed E-state index contributed by atoms with van der Waals surface area (Å²) in [6.07, 6.45) is 10.5. The van der Waals surface area contributed by atoms with Crippen molar-refractivity contribution in [2.45, 2.75) is 38.8 Å². The Morgan fingerprint density at radius 3 is 2.41 bits per heavy atom. The molecule has 2 aliphatic carbocycles. The third kappa shape index (κ3) is 3.28. The average Bonchev–Trinajstić information content (AvgIpc) is 3.27. The molecule has 3 atom stereocenters. The minimum Gasteiger partial charge on any atom is -0.312 e. The first kappa shape index (κ1) is 14.5. The first-order chi connectivity index (χ1) is 10.9. The maximum absolute atomic E-state index is 3.68. The molecule has 4 rings (SSSR count). The maximum Gasteiger partial charge on any atom is 0.0233 e. The lowest BCUT2D eigenvalue weighted by Gasteiger charge is -2.18. The molecule has 0 aromatic heterocycles. The van der Waals surface area contributed by atoms with Crippen LogP contribution in [0, 0.1) is 17.8 Å². The standard InChI is InChI=1S/C20H28N2/c1-2-10-22(9-1)15-17-5-3-16(4-6-17)13-21-14-20-12-18-7-8-19(20)11-18/h3-8,18-21H,1-2,9-15H2. The lowest BCUT2D eigenvalue weighted by atomic mass is 9.93. The number of nitrogens with zero attached hydrogens (tertiary/aromatic N) is 1.